The number of fused-ring (bicyclic) bond motifs is 1. The van der Waals surface area contributed by atoms with E-state index in [2.05, 4.69) is 15.8 Å². The van der Waals surface area contributed by atoms with Crippen LogP contribution < -0.4 is 5.69 Å². The van der Waals surface area contributed by atoms with Gasteiger partial charge in [-0.25, -0.2) is 9.59 Å². The van der Waals surface area contributed by atoms with Crippen LogP contribution in [0.5, 0.6) is 0 Å². The van der Waals surface area contributed by atoms with Gasteiger partial charge in [0.25, 0.3) is 0 Å². The van der Waals surface area contributed by atoms with Crippen molar-refractivity contribution in [3.8, 4) is 0 Å². The number of benzene rings is 1. The third kappa shape index (κ3) is 2.62. The predicted molar refractivity (Wildman–Crippen MR) is 81.9 cm³/mol. The molecule has 0 aliphatic carbocycles. The Morgan fingerprint density at radius 2 is 2.24 bits per heavy atom. The first-order chi connectivity index (χ1) is 10.2. The summed E-state index contributed by atoms with van der Waals surface area (Å²) in [5, 5.41) is 2.02. The molecule has 0 amide bonds. The summed E-state index contributed by atoms with van der Waals surface area (Å²) < 4.78 is 6.37. The lowest BCUT2D eigenvalue weighted by molar-refractivity contribution is 0.0601. The average Bonchev–Trinajstić information content (AvgIpc) is 3.10. The Morgan fingerprint density at radius 3 is 2.95 bits per heavy atom. The van der Waals surface area contributed by atoms with E-state index < -0.39 is 5.97 Å². The van der Waals surface area contributed by atoms with Crippen molar-refractivity contribution in [2.24, 2.45) is 0 Å². The molecule has 0 saturated heterocycles. The number of carbonyl (C=O) groups excluding carboxylic acids is 1. The Labute approximate surface area is 124 Å². The predicted octanol–water partition coefficient (Wildman–Crippen LogP) is 2.42. The van der Waals surface area contributed by atoms with Gasteiger partial charge in [-0.1, -0.05) is 6.07 Å². The SMILES string of the molecule is COC(=O)c1ccc2c(c1)[nH]c(=O)n2CCc1cccs1. The minimum atomic E-state index is -0.413. The van der Waals surface area contributed by atoms with Crippen LogP contribution in [0.1, 0.15) is 15.2 Å². The third-order valence-corrected chi connectivity index (χ3v) is 4.29. The number of carbonyl (C=O) groups is 1. The second-order valence-electron chi connectivity index (χ2n) is 4.63. The normalized spacial score (nSPS) is 10.9. The summed E-state index contributed by atoms with van der Waals surface area (Å²) in [7, 11) is 1.33. The van der Waals surface area contributed by atoms with Crippen molar-refractivity contribution in [3.63, 3.8) is 0 Å². The van der Waals surface area contributed by atoms with E-state index in [4.69, 9.17) is 0 Å². The summed E-state index contributed by atoms with van der Waals surface area (Å²) in [5.41, 5.74) is 1.71. The van der Waals surface area contributed by atoms with E-state index in [-0.39, 0.29) is 5.69 Å². The van der Waals surface area contributed by atoms with E-state index in [1.807, 2.05) is 11.4 Å². The number of H-pyrrole nitrogens is 1. The molecule has 0 unspecified atom stereocenters. The Hall–Kier alpha value is -2.34. The molecule has 21 heavy (non-hydrogen) atoms. The molecule has 3 aromatic rings. The lowest BCUT2D eigenvalue weighted by atomic mass is 10.2. The summed E-state index contributed by atoms with van der Waals surface area (Å²) in [4.78, 5) is 27.6. The van der Waals surface area contributed by atoms with E-state index in [0.29, 0.717) is 17.6 Å². The van der Waals surface area contributed by atoms with E-state index in [1.165, 1.54) is 12.0 Å². The molecule has 1 aromatic carbocycles. The van der Waals surface area contributed by atoms with E-state index in [9.17, 15) is 9.59 Å². The van der Waals surface area contributed by atoms with Crippen LogP contribution in [0.3, 0.4) is 0 Å². The first-order valence-electron chi connectivity index (χ1n) is 6.52. The monoisotopic (exact) mass is 302 g/mol. The minimum Gasteiger partial charge on any atom is -0.465 e. The fourth-order valence-corrected chi connectivity index (χ4v) is 3.01. The van der Waals surface area contributed by atoms with Crippen LogP contribution in [0.15, 0.2) is 40.5 Å². The highest BCUT2D eigenvalue weighted by Gasteiger charge is 2.11. The smallest absolute Gasteiger partial charge is 0.337 e. The molecule has 6 heteroatoms. The molecule has 3 rings (SSSR count). The Morgan fingerprint density at radius 1 is 1.38 bits per heavy atom. The average molecular weight is 302 g/mol. The van der Waals surface area contributed by atoms with Gasteiger partial charge in [-0.2, -0.15) is 0 Å². The van der Waals surface area contributed by atoms with Crippen molar-refractivity contribution in [3.05, 3.63) is 56.6 Å². The molecule has 0 spiro atoms. The highest BCUT2D eigenvalue weighted by Crippen LogP contribution is 2.15. The first-order valence-corrected chi connectivity index (χ1v) is 7.40. The zero-order chi connectivity index (χ0) is 14.8. The quantitative estimate of drug-likeness (QED) is 0.753. The molecule has 0 radical (unpaired) electrons. The van der Waals surface area contributed by atoms with Crippen molar-refractivity contribution >= 4 is 28.3 Å². The van der Waals surface area contributed by atoms with Crippen molar-refractivity contribution in [1.82, 2.24) is 9.55 Å². The molecule has 0 saturated carbocycles. The molecule has 2 aromatic heterocycles. The number of esters is 1. The number of hydrogen-bond acceptors (Lipinski definition) is 4. The molecule has 1 N–H and O–H groups in total. The van der Waals surface area contributed by atoms with Crippen LogP contribution in [0.25, 0.3) is 11.0 Å². The van der Waals surface area contributed by atoms with E-state index >= 15 is 0 Å². The van der Waals surface area contributed by atoms with Crippen molar-refractivity contribution < 1.29 is 9.53 Å². The number of imidazole rings is 1. The van der Waals surface area contributed by atoms with Gasteiger partial charge in [0.05, 0.1) is 23.7 Å². The molecule has 2 heterocycles. The van der Waals surface area contributed by atoms with Crippen LogP contribution >= 0.6 is 11.3 Å². The number of methoxy groups -OCH3 is 1. The largest absolute Gasteiger partial charge is 0.465 e. The number of nitrogens with zero attached hydrogens (tertiary/aromatic N) is 1. The van der Waals surface area contributed by atoms with Gasteiger partial charge >= 0.3 is 11.7 Å². The van der Waals surface area contributed by atoms with Crippen molar-refractivity contribution in [1.29, 1.82) is 0 Å². The maximum Gasteiger partial charge on any atom is 0.337 e. The lowest BCUT2D eigenvalue weighted by Gasteiger charge is -2.03. The van der Waals surface area contributed by atoms with Crippen LogP contribution in [-0.4, -0.2) is 22.6 Å². The molecule has 0 aliphatic heterocycles. The van der Waals surface area contributed by atoms with Gasteiger partial charge in [-0.05, 0) is 36.1 Å². The maximum atomic E-state index is 12.0. The van der Waals surface area contributed by atoms with Gasteiger partial charge in [0, 0.05) is 11.4 Å². The zero-order valence-corrected chi connectivity index (χ0v) is 12.3. The third-order valence-electron chi connectivity index (χ3n) is 3.36. The summed E-state index contributed by atoms with van der Waals surface area (Å²) in [5.74, 6) is -0.413. The van der Waals surface area contributed by atoms with Crippen LogP contribution in [0.4, 0.5) is 0 Å². The number of nitrogens with one attached hydrogen (secondary N) is 1. The molecule has 108 valence electrons. The van der Waals surface area contributed by atoms with Crippen molar-refractivity contribution in [2.75, 3.05) is 7.11 Å². The van der Waals surface area contributed by atoms with Gasteiger partial charge in [0.15, 0.2) is 0 Å². The zero-order valence-electron chi connectivity index (χ0n) is 11.5. The molecule has 5 nitrogen and oxygen atoms in total. The first kappa shape index (κ1) is 13.6. The van der Waals surface area contributed by atoms with E-state index in [0.717, 1.165) is 11.9 Å². The molecule has 0 aliphatic rings. The lowest BCUT2D eigenvalue weighted by Crippen LogP contribution is -2.17. The maximum absolute atomic E-state index is 12.0. The van der Waals surface area contributed by atoms with Gasteiger partial charge in [-0.15, -0.1) is 11.3 Å². The second-order valence-corrected chi connectivity index (χ2v) is 5.67. The number of aryl methyl sites for hydroxylation is 2. The number of rotatable bonds is 4. The molecular formula is C15H14N2O3S. The van der Waals surface area contributed by atoms with E-state index in [1.54, 1.807) is 34.1 Å². The number of hydrogen-bond donors (Lipinski definition) is 1. The fraction of sp³-hybridized carbons (Fsp3) is 0.200. The summed E-state index contributed by atoms with van der Waals surface area (Å²) >= 11 is 1.68. The van der Waals surface area contributed by atoms with Gasteiger partial charge in [-0.3, -0.25) is 4.57 Å². The van der Waals surface area contributed by atoms with Crippen LogP contribution in [0, 0.1) is 0 Å². The molecule has 0 fully saturated rings. The van der Waals surface area contributed by atoms with Gasteiger partial charge in [0.1, 0.15) is 0 Å². The van der Waals surface area contributed by atoms with Crippen LogP contribution in [-0.2, 0) is 17.7 Å². The topological polar surface area (TPSA) is 64.1 Å². The van der Waals surface area contributed by atoms with Crippen LogP contribution in [0.2, 0.25) is 0 Å². The Bertz CT molecular complexity index is 830. The number of aromatic nitrogens is 2. The standard InChI is InChI=1S/C15H14N2O3S/c1-20-14(18)10-4-5-13-12(9-10)16-15(19)17(13)7-6-11-3-2-8-21-11/h2-5,8-9H,6-7H2,1H3,(H,16,19). The minimum absolute atomic E-state index is 0.163. The second kappa shape index (κ2) is 5.57. The number of thiophene rings is 1. The molecule has 0 atom stereocenters. The fourth-order valence-electron chi connectivity index (χ4n) is 2.31. The molecule has 0 bridgehead atoms. The number of aromatic amines is 1. The highest BCUT2D eigenvalue weighted by molar-refractivity contribution is 7.09. The Kier molecular flexibility index (Phi) is 3.62. The van der Waals surface area contributed by atoms with Crippen molar-refractivity contribution in [2.45, 2.75) is 13.0 Å². The number of ether oxygens (including phenoxy) is 1. The highest BCUT2D eigenvalue weighted by atomic mass is 32.1. The van der Waals surface area contributed by atoms with Gasteiger partial charge < -0.3 is 9.72 Å². The summed E-state index contributed by atoms with van der Waals surface area (Å²) in [6, 6.07) is 9.14. The summed E-state index contributed by atoms with van der Waals surface area (Å²) in [6.45, 7) is 0.608. The van der Waals surface area contributed by atoms with Gasteiger partial charge in [0.2, 0.25) is 0 Å². The Balaban J connectivity index is 1.94. The molecular weight excluding hydrogens is 288 g/mol. The summed E-state index contributed by atoms with van der Waals surface area (Å²) in [6.07, 6.45) is 0.809.